The Balaban J connectivity index is 1.80. The van der Waals surface area contributed by atoms with E-state index in [0.717, 1.165) is 18.5 Å². The fourth-order valence-electron chi connectivity index (χ4n) is 2.52. The second kappa shape index (κ2) is 4.82. The summed E-state index contributed by atoms with van der Waals surface area (Å²) in [5, 5.41) is 2.16. The summed E-state index contributed by atoms with van der Waals surface area (Å²) in [6, 6.07) is 9.75. The van der Waals surface area contributed by atoms with Gasteiger partial charge in [0.1, 0.15) is 5.82 Å². The Labute approximate surface area is 111 Å². The quantitative estimate of drug-likeness (QED) is 0.794. The summed E-state index contributed by atoms with van der Waals surface area (Å²) in [5.74, 6) is -0.0965. The van der Waals surface area contributed by atoms with Crippen LogP contribution in [0.25, 0.3) is 0 Å². The zero-order valence-corrected chi connectivity index (χ0v) is 11.2. The summed E-state index contributed by atoms with van der Waals surface area (Å²) >= 11 is 1.84. The molecule has 18 heavy (non-hydrogen) atoms. The van der Waals surface area contributed by atoms with E-state index in [9.17, 15) is 4.39 Å². The van der Waals surface area contributed by atoms with Crippen molar-refractivity contribution in [2.45, 2.75) is 32.5 Å². The fraction of sp³-hybridized carbons (Fsp3) is 0.333. The van der Waals surface area contributed by atoms with Gasteiger partial charge in [-0.25, -0.2) is 4.39 Å². The molecular weight excluding hydrogens is 245 g/mol. The number of benzene rings is 1. The molecule has 0 spiro atoms. The minimum absolute atomic E-state index is 0.0965. The number of nitrogens with zero attached hydrogens (tertiary/aromatic N) is 1. The molecule has 94 valence electrons. The molecule has 0 saturated heterocycles. The van der Waals surface area contributed by atoms with Gasteiger partial charge in [0.2, 0.25) is 0 Å². The largest absolute Gasteiger partial charge is 0.292 e. The van der Waals surface area contributed by atoms with Crippen LogP contribution < -0.4 is 0 Å². The smallest absolute Gasteiger partial charge is 0.127 e. The van der Waals surface area contributed by atoms with Crippen LogP contribution in [0.1, 0.15) is 22.9 Å². The normalized spacial score (nSPS) is 19.8. The Kier molecular flexibility index (Phi) is 3.18. The molecule has 0 saturated carbocycles. The van der Waals surface area contributed by atoms with Crippen LogP contribution in [0.15, 0.2) is 35.7 Å². The molecule has 0 radical (unpaired) electrons. The van der Waals surface area contributed by atoms with Crippen LogP contribution >= 0.6 is 11.3 Å². The summed E-state index contributed by atoms with van der Waals surface area (Å²) in [6.45, 7) is 3.86. The predicted octanol–water partition coefficient (Wildman–Crippen LogP) is 3.83. The van der Waals surface area contributed by atoms with Crippen LogP contribution in [0.4, 0.5) is 4.39 Å². The van der Waals surface area contributed by atoms with Crippen molar-refractivity contribution in [2.75, 3.05) is 0 Å². The molecular formula is C15H16FNS. The average Bonchev–Trinajstić information content (AvgIpc) is 2.79. The Morgan fingerprint density at radius 1 is 1.33 bits per heavy atom. The number of halogens is 1. The van der Waals surface area contributed by atoms with Gasteiger partial charge in [-0.2, -0.15) is 0 Å². The van der Waals surface area contributed by atoms with E-state index in [1.807, 2.05) is 23.5 Å². The molecule has 1 aromatic heterocycles. The summed E-state index contributed by atoms with van der Waals surface area (Å²) in [5.41, 5.74) is 2.21. The molecule has 1 aliphatic rings. The van der Waals surface area contributed by atoms with E-state index in [2.05, 4.69) is 23.3 Å². The van der Waals surface area contributed by atoms with Crippen molar-refractivity contribution >= 4 is 11.3 Å². The van der Waals surface area contributed by atoms with Gasteiger partial charge in [0.15, 0.2) is 0 Å². The SMILES string of the molecule is CC1Cc2sccc2CN1Cc1ccccc1F. The van der Waals surface area contributed by atoms with Gasteiger partial charge in [-0.1, -0.05) is 18.2 Å². The standard InChI is InChI=1S/C15H16FNS/c1-11-8-15-13(6-7-18-15)10-17(11)9-12-4-2-3-5-14(12)16/h2-7,11H,8-10H2,1H3. The number of rotatable bonds is 2. The third-order valence-corrected chi connectivity index (χ3v) is 4.63. The first-order valence-corrected chi connectivity index (χ1v) is 7.14. The Bertz CT molecular complexity index is 549. The maximum atomic E-state index is 13.7. The number of hydrogen-bond acceptors (Lipinski definition) is 2. The Hall–Kier alpha value is -1.19. The molecule has 0 fully saturated rings. The van der Waals surface area contributed by atoms with Crippen molar-refractivity contribution in [3.05, 3.63) is 57.5 Å². The third kappa shape index (κ3) is 2.20. The topological polar surface area (TPSA) is 3.24 Å². The van der Waals surface area contributed by atoms with Crippen molar-refractivity contribution in [1.29, 1.82) is 0 Å². The number of hydrogen-bond donors (Lipinski definition) is 0. The van der Waals surface area contributed by atoms with Crippen molar-refractivity contribution in [2.24, 2.45) is 0 Å². The lowest BCUT2D eigenvalue weighted by Gasteiger charge is -2.33. The molecule has 3 rings (SSSR count). The zero-order chi connectivity index (χ0) is 12.5. The van der Waals surface area contributed by atoms with Crippen molar-refractivity contribution < 1.29 is 4.39 Å². The van der Waals surface area contributed by atoms with Gasteiger partial charge >= 0.3 is 0 Å². The lowest BCUT2D eigenvalue weighted by atomic mass is 10.0. The fourth-order valence-corrected chi connectivity index (χ4v) is 3.53. The zero-order valence-electron chi connectivity index (χ0n) is 10.4. The molecule has 0 aliphatic carbocycles. The highest BCUT2D eigenvalue weighted by molar-refractivity contribution is 7.10. The van der Waals surface area contributed by atoms with Crippen LogP contribution in [0.5, 0.6) is 0 Å². The van der Waals surface area contributed by atoms with E-state index >= 15 is 0 Å². The minimum atomic E-state index is -0.0965. The Morgan fingerprint density at radius 2 is 2.17 bits per heavy atom. The molecule has 2 aromatic rings. The van der Waals surface area contributed by atoms with Gasteiger partial charge in [-0.3, -0.25) is 4.90 Å². The molecule has 2 heterocycles. The second-order valence-corrected chi connectivity index (χ2v) is 5.92. The maximum Gasteiger partial charge on any atom is 0.127 e. The van der Waals surface area contributed by atoms with Gasteiger partial charge in [-0.15, -0.1) is 11.3 Å². The van der Waals surface area contributed by atoms with Crippen LogP contribution in [0, 0.1) is 5.82 Å². The van der Waals surface area contributed by atoms with Crippen LogP contribution in [0.3, 0.4) is 0 Å². The molecule has 1 aliphatic heterocycles. The summed E-state index contributed by atoms with van der Waals surface area (Å²) in [7, 11) is 0. The van der Waals surface area contributed by atoms with Gasteiger partial charge < -0.3 is 0 Å². The molecule has 0 bridgehead atoms. The molecule has 1 atom stereocenters. The predicted molar refractivity (Wildman–Crippen MR) is 73.1 cm³/mol. The lowest BCUT2D eigenvalue weighted by molar-refractivity contribution is 0.175. The first-order chi connectivity index (χ1) is 8.74. The average molecular weight is 261 g/mol. The molecule has 0 N–H and O–H groups in total. The van der Waals surface area contributed by atoms with Gasteiger partial charge in [0.25, 0.3) is 0 Å². The van der Waals surface area contributed by atoms with Crippen LogP contribution in [0.2, 0.25) is 0 Å². The van der Waals surface area contributed by atoms with Crippen LogP contribution in [-0.4, -0.2) is 10.9 Å². The van der Waals surface area contributed by atoms with E-state index in [1.54, 1.807) is 12.1 Å². The first-order valence-electron chi connectivity index (χ1n) is 6.27. The summed E-state index contributed by atoms with van der Waals surface area (Å²) in [4.78, 5) is 3.85. The van der Waals surface area contributed by atoms with Crippen molar-refractivity contribution in [1.82, 2.24) is 4.90 Å². The molecule has 0 amide bonds. The van der Waals surface area contributed by atoms with E-state index < -0.39 is 0 Å². The molecule has 1 unspecified atom stereocenters. The van der Waals surface area contributed by atoms with Crippen molar-refractivity contribution in [3.63, 3.8) is 0 Å². The summed E-state index contributed by atoms with van der Waals surface area (Å²) < 4.78 is 13.7. The van der Waals surface area contributed by atoms with Gasteiger partial charge in [0, 0.05) is 29.6 Å². The first kappa shape index (κ1) is 11.9. The van der Waals surface area contributed by atoms with Crippen LogP contribution in [-0.2, 0) is 19.5 Å². The van der Waals surface area contributed by atoms with E-state index in [4.69, 9.17) is 0 Å². The maximum absolute atomic E-state index is 13.7. The Morgan fingerprint density at radius 3 is 3.00 bits per heavy atom. The van der Waals surface area contributed by atoms with E-state index in [0.29, 0.717) is 12.6 Å². The van der Waals surface area contributed by atoms with Crippen molar-refractivity contribution in [3.8, 4) is 0 Å². The van der Waals surface area contributed by atoms with Gasteiger partial charge in [-0.05, 0) is 36.4 Å². The monoisotopic (exact) mass is 261 g/mol. The number of thiophene rings is 1. The highest BCUT2D eigenvalue weighted by atomic mass is 32.1. The second-order valence-electron chi connectivity index (χ2n) is 4.92. The molecule has 1 nitrogen and oxygen atoms in total. The third-order valence-electron chi connectivity index (χ3n) is 3.65. The lowest BCUT2D eigenvalue weighted by Crippen LogP contribution is -2.37. The highest BCUT2D eigenvalue weighted by Gasteiger charge is 2.24. The number of fused-ring (bicyclic) bond motifs is 1. The van der Waals surface area contributed by atoms with E-state index in [1.165, 1.54) is 10.4 Å². The molecule has 1 aromatic carbocycles. The van der Waals surface area contributed by atoms with Gasteiger partial charge in [0.05, 0.1) is 0 Å². The molecule has 3 heteroatoms. The summed E-state index contributed by atoms with van der Waals surface area (Å²) in [6.07, 6.45) is 1.08. The highest BCUT2D eigenvalue weighted by Crippen LogP contribution is 2.28. The van der Waals surface area contributed by atoms with E-state index in [-0.39, 0.29) is 5.82 Å². The minimum Gasteiger partial charge on any atom is -0.292 e.